The minimum atomic E-state index is -0.668. The Hall–Kier alpha value is -3.17. The van der Waals surface area contributed by atoms with E-state index >= 15 is 0 Å². The summed E-state index contributed by atoms with van der Waals surface area (Å²) in [6, 6.07) is 16.8. The molecule has 1 unspecified atom stereocenters. The van der Waals surface area contributed by atoms with Gasteiger partial charge in [-0.25, -0.2) is 4.79 Å². The van der Waals surface area contributed by atoms with Crippen LogP contribution in [-0.4, -0.2) is 53.1 Å². The van der Waals surface area contributed by atoms with Crippen molar-refractivity contribution in [2.75, 3.05) is 19.7 Å². The fraction of sp³-hybridized carbons (Fsp3) is 0.526. The minimum absolute atomic E-state index is 0.129. The molecule has 9 heteroatoms. The Morgan fingerprint density at radius 1 is 1.00 bits per heavy atom. The number of amides is 2. The summed E-state index contributed by atoms with van der Waals surface area (Å²) in [5.41, 5.74) is 5.81. The first-order valence-electron chi connectivity index (χ1n) is 17.4. The Balaban J connectivity index is 1.07. The molecule has 2 saturated carbocycles. The number of unbranched alkanes of at least 4 members (excludes halogenated alkanes) is 3. The molecule has 2 amide bonds. The zero-order chi connectivity index (χ0) is 33.1. The SMILES string of the molecule is CC(CCCCCNC(=O)NCCCC[C@H](O)CO)c1ccc(Cl)c(CNC2(c3cnccc3-c3ccccc3OC3CC3)CC2)c1. The summed E-state index contributed by atoms with van der Waals surface area (Å²) in [5, 5.41) is 28.6. The highest BCUT2D eigenvalue weighted by molar-refractivity contribution is 6.31. The van der Waals surface area contributed by atoms with Crippen molar-refractivity contribution in [3.63, 3.8) is 0 Å². The monoisotopic (exact) mass is 662 g/mol. The molecule has 0 spiro atoms. The van der Waals surface area contributed by atoms with Gasteiger partial charge in [-0.2, -0.15) is 0 Å². The van der Waals surface area contributed by atoms with Crippen LogP contribution in [-0.2, 0) is 12.1 Å². The lowest BCUT2D eigenvalue weighted by Crippen LogP contribution is -2.36. The second-order valence-electron chi connectivity index (χ2n) is 13.3. The number of hydrogen-bond acceptors (Lipinski definition) is 6. The highest BCUT2D eigenvalue weighted by Gasteiger charge is 2.46. The number of urea groups is 1. The van der Waals surface area contributed by atoms with E-state index in [1.54, 1.807) is 0 Å². The van der Waals surface area contributed by atoms with Crippen LogP contribution in [0.4, 0.5) is 4.79 Å². The number of nitrogens with zero attached hydrogens (tertiary/aromatic N) is 1. The van der Waals surface area contributed by atoms with Crippen molar-refractivity contribution in [2.45, 2.75) is 108 Å². The van der Waals surface area contributed by atoms with Crippen LogP contribution in [0.15, 0.2) is 60.9 Å². The van der Waals surface area contributed by atoms with E-state index in [1.165, 1.54) is 16.7 Å². The molecule has 3 aromatic rings. The number of hydrogen-bond donors (Lipinski definition) is 5. The number of ether oxygens (including phenoxy) is 1. The molecule has 2 atom stereocenters. The van der Waals surface area contributed by atoms with Crippen molar-refractivity contribution in [3.8, 4) is 16.9 Å². The lowest BCUT2D eigenvalue weighted by Gasteiger charge is -2.23. The van der Waals surface area contributed by atoms with Gasteiger partial charge in [0.25, 0.3) is 0 Å². The third-order valence-corrected chi connectivity index (χ3v) is 9.77. The number of halogens is 1. The van der Waals surface area contributed by atoms with Gasteiger partial charge in [-0.15, -0.1) is 0 Å². The largest absolute Gasteiger partial charge is 0.490 e. The second-order valence-corrected chi connectivity index (χ2v) is 13.7. The summed E-state index contributed by atoms with van der Waals surface area (Å²) in [6.07, 6.45) is 14.2. The van der Waals surface area contributed by atoms with Crippen LogP contribution in [0.3, 0.4) is 0 Å². The molecule has 2 fully saturated rings. The van der Waals surface area contributed by atoms with Crippen LogP contribution in [0.2, 0.25) is 5.02 Å². The Labute approximate surface area is 284 Å². The van der Waals surface area contributed by atoms with Gasteiger partial charge in [-0.1, -0.05) is 61.7 Å². The third kappa shape index (κ3) is 10.4. The van der Waals surface area contributed by atoms with E-state index < -0.39 is 6.10 Å². The lowest BCUT2D eigenvalue weighted by atomic mass is 9.93. The molecule has 254 valence electrons. The van der Waals surface area contributed by atoms with Crippen LogP contribution in [0.25, 0.3) is 11.1 Å². The van der Waals surface area contributed by atoms with Crippen molar-refractivity contribution in [1.82, 2.24) is 20.9 Å². The number of benzene rings is 2. The van der Waals surface area contributed by atoms with Crippen molar-refractivity contribution in [1.29, 1.82) is 0 Å². The molecule has 47 heavy (non-hydrogen) atoms. The molecule has 5 N–H and O–H groups in total. The summed E-state index contributed by atoms with van der Waals surface area (Å²) in [4.78, 5) is 16.5. The molecule has 8 nitrogen and oxygen atoms in total. The van der Waals surface area contributed by atoms with Gasteiger partial charge < -0.3 is 30.9 Å². The van der Waals surface area contributed by atoms with Crippen LogP contribution in [0, 0.1) is 0 Å². The van der Waals surface area contributed by atoms with E-state index in [0.717, 1.165) is 86.1 Å². The topological polar surface area (TPSA) is 116 Å². The minimum Gasteiger partial charge on any atom is -0.490 e. The van der Waals surface area contributed by atoms with Gasteiger partial charge in [-0.05, 0) is 104 Å². The Bertz CT molecular complexity index is 1440. The van der Waals surface area contributed by atoms with Gasteiger partial charge >= 0.3 is 6.03 Å². The van der Waals surface area contributed by atoms with Gasteiger partial charge in [0.15, 0.2) is 0 Å². The van der Waals surface area contributed by atoms with Gasteiger partial charge in [0.2, 0.25) is 0 Å². The van der Waals surface area contributed by atoms with E-state index in [0.29, 0.717) is 38.1 Å². The van der Waals surface area contributed by atoms with Crippen LogP contribution in [0.5, 0.6) is 5.75 Å². The number of aromatic nitrogens is 1. The number of nitrogens with one attached hydrogen (secondary N) is 3. The van der Waals surface area contributed by atoms with E-state index in [1.807, 2.05) is 24.5 Å². The summed E-state index contributed by atoms with van der Waals surface area (Å²) < 4.78 is 6.28. The standard InChI is InChI=1S/C38H51ClN4O4/c1-27(9-3-2-7-20-41-37(46)42-21-8-6-10-30(45)26-44)28-13-16-35(39)29(23-28)24-43-38(18-19-38)34-25-40-22-17-32(34)33-11-4-5-12-36(33)47-31-14-15-31/h4-5,11-13,16-17,22-23,25,27,30-31,43-45H,2-3,6-10,14-15,18-21,24,26H2,1H3,(H2,41,42,46)/t27?,30-/m0/s1. The molecule has 1 aromatic heterocycles. The summed E-state index contributed by atoms with van der Waals surface area (Å²) in [5.74, 6) is 1.36. The van der Waals surface area contributed by atoms with E-state index in [-0.39, 0.29) is 18.2 Å². The van der Waals surface area contributed by atoms with Crippen molar-refractivity contribution >= 4 is 17.6 Å². The number of rotatable bonds is 20. The Kier molecular flexibility index (Phi) is 12.9. The first-order valence-corrected chi connectivity index (χ1v) is 17.8. The molecule has 0 aliphatic heterocycles. The highest BCUT2D eigenvalue weighted by atomic mass is 35.5. The van der Waals surface area contributed by atoms with Crippen molar-refractivity contribution in [3.05, 3.63) is 82.6 Å². The van der Waals surface area contributed by atoms with Gasteiger partial charge in [-0.3, -0.25) is 4.98 Å². The number of aliphatic hydroxyl groups excluding tert-OH is 2. The predicted molar refractivity (Wildman–Crippen MR) is 188 cm³/mol. The van der Waals surface area contributed by atoms with E-state index in [2.05, 4.69) is 64.3 Å². The number of aliphatic hydroxyl groups is 2. The second kappa shape index (κ2) is 17.3. The first kappa shape index (κ1) is 35.1. The van der Waals surface area contributed by atoms with Gasteiger partial charge in [0, 0.05) is 48.2 Å². The molecule has 0 saturated heterocycles. The molecule has 1 heterocycles. The van der Waals surface area contributed by atoms with Crippen LogP contribution >= 0.6 is 11.6 Å². The van der Waals surface area contributed by atoms with Crippen LogP contribution in [0.1, 0.15) is 100 Å². The number of carbonyl (C=O) groups is 1. The first-order chi connectivity index (χ1) is 22.9. The number of para-hydroxylation sites is 1. The normalized spacial score (nSPS) is 16.3. The zero-order valence-electron chi connectivity index (χ0n) is 27.6. The number of pyridine rings is 1. The predicted octanol–water partition coefficient (Wildman–Crippen LogP) is 7.21. The Morgan fingerprint density at radius 2 is 1.74 bits per heavy atom. The fourth-order valence-corrected chi connectivity index (χ4v) is 6.30. The molecule has 5 rings (SSSR count). The molecule has 0 bridgehead atoms. The summed E-state index contributed by atoms with van der Waals surface area (Å²) >= 11 is 6.72. The molecular formula is C38H51ClN4O4. The van der Waals surface area contributed by atoms with E-state index in [4.69, 9.17) is 21.4 Å². The van der Waals surface area contributed by atoms with Crippen molar-refractivity contribution < 1.29 is 19.7 Å². The lowest BCUT2D eigenvalue weighted by molar-refractivity contribution is 0.0862. The van der Waals surface area contributed by atoms with E-state index in [9.17, 15) is 9.90 Å². The smallest absolute Gasteiger partial charge is 0.314 e. The Morgan fingerprint density at radius 3 is 2.49 bits per heavy atom. The molecule has 2 aromatic carbocycles. The molecular weight excluding hydrogens is 612 g/mol. The average molecular weight is 663 g/mol. The average Bonchev–Trinajstić information content (AvgIpc) is 4.03. The molecule has 2 aliphatic carbocycles. The molecule has 2 aliphatic rings. The number of carbonyl (C=O) groups excluding carboxylic acids is 1. The molecule has 0 radical (unpaired) electrons. The van der Waals surface area contributed by atoms with Gasteiger partial charge in [0.1, 0.15) is 5.75 Å². The quantitative estimate of drug-likeness (QED) is 0.0817. The summed E-state index contributed by atoms with van der Waals surface area (Å²) in [6.45, 7) is 3.96. The van der Waals surface area contributed by atoms with Crippen LogP contribution < -0.4 is 20.7 Å². The summed E-state index contributed by atoms with van der Waals surface area (Å²) in [7, 11) is 0. The third-order valence-electron chi connectivity index (χ3n) is 9.40. The maximum absolute atomic E-state index is 12.0. The maximum Gasteiger partial charge on any atom is 0.314 e. The fourth-order valence-electron chi connectivity index (χ4n) is 6.12. The highest BCUT2D eigenvalue weighted by Crippen LogP contribution is 2.50. The zero-order valence-corrected chi connectivity index (χ0v) is 28.4. The maximum atomic E-state index is 12.0. The van der Waals surface area contributed by atoms with Crippen molar-refractivity contribution in [2.24, 2.45) is 0 Å². The van der Waals surface area contributed by atoms with Gasteiger partial charge in [0.05, 0.1) is 18.8 Å².